The predicted molar refractivity (Wildman–Crippen MR) is 145 cm³/mol. The number of nitrogens with zero attached hydrogens (tertiary/aromatic N) is 2. The molecule has 0 unspecified atom stereocenters. The molecule has 0 fully saturated rings. The molecule has 0 radical (unpaired) electrons. The van der Waals surface area contributed by atoms with E-state index < -0.39 is 0 Å². The normalized spacial score (nSPS) is 12.7. The van der Waals surface area contributed by atoms with Crippen LogP contribution in [0.3, 0.4) is 0 Å². The number of carbonyl (C=O) groups excluding carboxylic acids is 3. The quantitative estimate of drug-likeness (QED) is 0.166. The molecule has 180 valence electrons. The largest absolute Gasteiger partial charge is 0.322 e. The Kier molecular flexibility index (Phi) is 7.88. The van der Waals surface area contributed by atoms with Crippen molar-refractivity contribution in [3.63, 3.8) is 0 Å². The van der Waals surface area contributed by atoms with Crippen LogP contribution in [0.2, 0.25) is 5.02 Å². The standard InChI is InChI=1S/C29H24ClN3O3/c1-31-33(24-14-8-20(9-15-24)5-4-17-34)28-22(16-18-35)11-10-21-12-13-23(19-26(21)28)32-29(36)25-6-2-3-7-27(25)30/h2-9,12-15,17-19H,1,10-11,16H2,(H,32,36)/b5-4+. The summed E-state index contributed by atoms with van der Waals surface area (Å²) in [5, 5.41) is 9.29. The van der Waals surface area contributed by atoms with E-state index >= 15 is 0 Å². The van der Waals surface area contributed by atoms with E-state index in [4.69, 9.17) is 11.6 Å². The van der Waals surface area contributed by atoms with Gasteiger partial charge in [0.15, 0.2) is 0 Å². The number of halogens is 1. The first kappa shape index (κ1) is 24.8. The summed E-state index contributed by atoms with van der Waals surface area (Å²) in [6.07, 6.45) is 6.49. The maximum absolute atomic E-state index is 12.8. The van der Waals surface area contributed by atoms with Gasteiger partial charge in [0.25, 0.3) is 5.91 Å². The Morgan fingerprint density at radius 1 is 1.06 bits per heavy atom. The zero-order chi connectivity index (χ0) is 25.5. The van der Waals surface area contributed by atoms with Crippen molar-refractivity contribution in [1.29, 1.82) is 0 Å². The lowest BCUT2D eigenvalue weighted by Crippen LogP contribution is -2.21. The smallest absolute Gasteiger partial charge is 0.257 e. The number of aryl methyl sites for hydroxylation is 1. The number of aldehydes is 2. The lowest BCUT2D eigenvalue weighted by Gasteiger charge is -2.30. The highest BCUT2D eigenvalue weighted by atomic mass is 35.5. The lowest BCUT2D eigenvalue weighted by molar-refractivity contribution is -0.107. The number of anilines is 2. The van der Waals surface area contributed by atoms with E-state index in [1.165, 1.54) is 6.08 Å². The van der Waals surface area contributed by atoms with Crippen LogP contribution in [0.25, 0.3) is 11.8 Å². The summed E-state index contributed by atoms with van der Waals surface area (Å²) in [6.45, 7) is 3.78. The molecule has 1 aliphatic rings. The van der Waals surface area contributed by atoms with Crippen LogP contribution in [0.4, 0.5) is 11.4 Å². The van der Waals surface area contributed by atoms with E-state index in [1.807, 2.05) is 42.5 Å². The van der Waals surface area contributed by atoms with E-state index in [2.05, 4.69) is 17.1 Å². The second-order valence-corrected chi connectivity index (χ2v) is 8.58. The molecule has 3 aromatic carbocycles. The molecule has 1 N–H and O–H groups in total. The van der Waals surface area contributed by atoms with Crippen molar-refractivity contribution in [3.8, 4) is 0 Å². The Balaban J connectivity index is 1.73. The number of hydrazone groups is 1. The third-order valence-electron chi connectivity index (χ3n) is 5.96. The van der Waals surface area contributed by atoms with E-state index in [1.54, 1.807) is 35.4 Å². The molecule has 4 rings (SSSR count). The average molecular weight is 498 g/mol. The molecule has 0 aromatic heterocycles. The summed E-state index contributed by atoms with van der Waals surface area (Å²) < 4.78 is 0. The zero-order valence-corrected chi connectivity index (χ0v) is 20.2. The van der Waals surface area contributed by atoms with Crippen molar-refractivity contribution in [1.82, 2.24) is 0 Å². The highest BCUT2D eigenvalue weighted by Gasteiger charge is 2.25. The van der Waals surface area contributed by atoms with E-state index in [0.29, 0.717) is 22.7 Å². The van der Waals surface area contributed by atoms with Crippen LogP contribution < -0.4 is 10.3 Å². The van der Waals surface area contributed by atoms with Crippen molar-refractivity contribution in [3.05, 3.63) is 106 Å². The van der Waals surface area contributed by atoms with Gasteiger partial charge in [-0.1, -0.05) is 48.0 Å². The van der Waals surface area contributed by atoms with E-state index in [-0.39, 0.29) is 12.3 Å². The van der Waals surface area contributed by atoms with Crippen molar-refractivity contribution in [2.24, 2.45) is 5.10 Å². The highest BCUT2D eigenvalue weighted by molar-refractivity contribution is 6.34. The second-order valence-electron chi connectivity index (χ2n) is 8.17. The van der Waals surface area contributed by atoms with Crippen LogP contribution in [0.1, 0.15) is 39.9 Å². The van der Waals surface area contributed by atoms with Crippen LogP contribution in [-0.4, -0.2) is 25.2 Å². The number of fused-ring (bicyclic) bond motifs is 1. The number of allylic oxidation sites excluding steroid dienone is 2. The molecule has 0 spiro atoms. The topological polar surface area (TPSA) is 78.8 Å². The van der Waals surface area contributed by atoms with Gasteiger partial charge in [0.1, 0.15) is 12.6 Å². The molecule has 0 aliphatic heterocycles. The minimum Gasteiger partial charge on any atom is -0.322 e. The summed E-state index contributed by atoms with van der Waals surface area (Å²) in [4.78, 5) is 35.0. The van der Waals surface area contributed by atoms with Crippen LogP contribution in [0.15, 0.2) is 83.5 Å². The Bertz CT molecular complexity index is 1380. The number of amides is 1. The number of nitrogens with one attached hydrogen (secondary N) is 1. The summed E-state index contributed by atoms with van der Waals surface area (Å²) >= 11 is 6.20. The Morgan fingerprint density at radius 2 is 1.83 bits per heavy atom. The number of rotatable bonds is 9. The molecule has 6 nitrogen and oxygen atoms in total. The molecule has 3 aromatic rings. The van der Waals surface area contributed by atoms with Crippen LogP contribution in [0, 0.1) is 0 Å². The van der Waals surface area contributed by atoms with Crippen LogP contribution in [-0.2, 0) is 16.0 Å². The second kappa shape index (κ2) is 11.4. The molecular weight excluding hydrogens is 474 g/mol. The van der Waals surface area contributed by atoms with Gasteiger partial charge in [0, 0.05) is 24.4 Å². The first-order chi connectivity index (χ1) is 17.5. The predicted octanol–water partition coefficient (Wildman–Crippen LogP) is 6.17. The van der Waals surface area contributed by atoms with Gasteiger partial charge in [0.2, 0.25) is 0 Å². The molecule has 0 saturated heterocycles. The van der Waals surface area contributed by atoms with Gasteiger partial charge >= 0.3 is 0 Å². The van der Waals surface area contributed by atoms with Gasteiger partial charge in [-0.25, -0.2) is 5.01 Å². The van der Waals surface area contributed by atoms with E-state index in [0.717, 1.165) is 52.6 Å². The summed E-state index contributed by atoms with van der Waals surface area (Å²) in [7, 11) is 0. The minimum atomic E-state index is -0.312. The average Bonchev–Trinajstić information content (AvgIpc) is 2.90. The molecule has 36 heavy (non-hydrogen) atoms. The first-order valence-electron chi connectivity index (χ1n) is 11.4. The number of hydrogen-bond acceptors (Lipinski definition) is 5. The van der Waals surface area contributed by atoms with Crippen molar-refractivity contribution < 1.29 is 14.4 Å². The molecule has 1 amide bonds. The van der Waals surface area contributed by atoms with Gasteiger partial charge in [-0.05, 0) is 72.0 Å². The maximum atomic E-state index is 12.8. The Labute approximate surface area is 214 Å². The van der Waals surface area contributed by atoms with Gasteiger partial charge in [-0.2, -0.15) is 5.10 Å². The molecule has 0 bridgehead atoms. The number of benzene rings is 3. The van der Waals surface area contributed by atoms with Crippen LogP contribution in [0.5, 0.6) is 0 Å². The summed E-state index contributed by atoms with van der Waals surface area (Å²) in [6, 6.07) is 20.1. The fourth-order valence-electron chi connectivity index (χ4n) is 4.25. The number of carbonyl (C=O) groups is 3. The molecule has 0 heterocycles. The summed E-state index contributed by atoms with van der Waals surface area (Å²) in [5.41, 5.74) is 6.25. The van der Waals surface area contributed by atoms with Crippen molar-refractivity contribution in [2.45, 2.75) is 19.3 Å². The fraction of sp³-hybridized carbons (Fsp3) is 0.103. The van der Waals surface area contributed by atoms with E-state index in [9.17, 15) is 14.4 Å². The lowest BCUT2D eigenvalue weighted by atomic mass is 9.87. The summed E-state index contributed by atoms with van der Waals surface area (Å²) in [5.74, 6) is -0.312. The Hall–Kier alpha value is -4.29. The third kappa shape index (κ3) is 5.34. The molecule has 0 saturated carbocycles. The van der Waals surface area contributed by atoms with Crippen LogP contribution >= 0.6 is 11.6 Å². The van der Waals surface area contributed by atoms with Gasteiger partial charge in [0.05, 0.1) is 22.0 Å². The molecular formula is C29H24ClN3O3. The minimum absolute atomic E-state index is 0.261. The molecule has 1 aliphatic carbocycles. The van der Waals surface area contributed by atoms with Gasteiger partial charge < -0.3 is 10.1 Å². The fourth-order valence-corrected chi connectivity index (χ4v) is 4.47. The van der Waals surface area contributed by atoms with Crippen molar-refractivity contribution in [2.75, 3.05) is 10.3 Å². The zero-order valence-electron chi connectivity index (χ0n) is 19.5. The molecule has 0 atom stereocenters. The highest BCUT2D eigenvalue weighted by Crippen LogP contribution is 2.39. The third-order valence-corrected chi connectivity index (χ3v) is 6.29. The van der Waals surface area contributed by atoms with Crippen molar-refractivity contribution >= 4 is 59.9 Å². The Morgan fingerprint density at radius 3 is 2.53 bits per heavy atom. The molecule has 7 heteroatoms. The monoisotopic (exact) mass is 497 g/mol. The van der Waals surface area contributed by atoms with Gasteiger partial charge in [-0.3, -0.25) is 9.59 Å². The maximum Gasteiger partial charge on any atom is 0.257 e. The first-order valence-corrected chi connectivity index (χ1v) is 11.8. The SMILES string of the molecule is C=NN(C1=C(CC=O)CCc2ccc(NC(=O)c3ccccc3Cl)cc21)c1ccc(/C=C/C=O)cc1. The number of hydrogen-bond donors (Lipinski definition) is 1. The van der Waals surface area contributed by atoms with Gasteiger partial charge in [-0.15, -0.1) is 0 Å².